The van der Waals surface area contributed by atoms with Gasteiger partial charge in [0.05, 0.1) is 11.7 Å². The number of hydrogen-bond acceptors (Lipinski definition) is 2. The van der Waals surface area contributed by atoms with E-state index in [1.165, 1.54) is 12.3 Å². The summed E-state index contributed by atoms with van der Waals surface area (Å²) in [6.07, 6.45) is 2.41. The van der Waals surface area contributed by atoms with Gasteiger partial charge >= 0.3 is 0 Å². The summed E-state index contributed by atoms with van der Waals surface area (Å²) in [5.74, 6) is 0.477. The molecular weight excluding hydrogens is 329 g/mol. The van der Waals surface area contributed by atoms with E-state index in [4.69, 9.17) is 0 Å². The average Bonchev–Trinajstić information content (AvgIpc) is 2.91. The van der Waals surface area contributed by atoms with Gasteiger partial charge in [-0.1, -0.05) is 41.5 Å². The number of fused-ring (bicyclic) bond motifs is 3. The van der Waals surface area contributed by atoms with Crippen molar-refractivity contribution in [2.45, 2.75) is 54.0 Å². The number of pyridine rings is 1. The summed E-state index contributed by atoms with van der Waals surface area (Å²) in [4.78, 5) is 19.5. The molecule has 0 unspecified atom stereocenters. The molecular formula is C21H28FN3O. The summed E-state index contributed by atoms with van der Waals surface area (Å²) >= 11 is 0. The zero-order chi connectivity index (χ0) is 19.1. The molecule has 0 aliphatic heterocycles. The van der Waals surface area contributed by atoms with Crippen LogP contribution in [0.4, 0.5) is 4.39 Å². The number of carbonyl (C=O) groups excluding carboxylic acids is 1. The predicted molar refractivity (Wildman–Crippen MR) is 100 cm³/mol. The number of amides is 1. The second kappa shape index (κ2) is 5.08. The summed E-state index contributed by atoms with van der Waals surface area (Å²) in [7, 11) is 0. The van der Waals surface area contributed by atoms with Crippen LogP contribution in [0.2, 0.25) is 0 Å². The van der Waals surface area contributed by atoms with Crippen LogP contribution in [-0.4, -0.2) is 21.9 Å². The Kier molecular flexibility index (Phi) is 3.42. The molecule has 4 nitrogen and oxygen atoms in total. The van der Waals surface area contributed by atoms with Gasteiger partial charge in [0.2, 0.25) is 5.95 Å². The summed E-state index contributed by atoms with van der Waals surface area (Å²) in [5, 5.41) is 3.92. The summed E-state index contributed by atoms with van der Waals surface area (Å²) < 4.78 is 13.3. The molecule has 1 amide bonds. The van der Waals surface area contributed by atoms with Crippen molar-refractivity contribution in [3.63, 3.8) is 0 Å². The maximum absolute atomic E-state index is 13.3. The van der Waals surface area contributed by atoms with Crippen LogP contribution in [0.1, 0.15) is 58.5 Å². The van der Waals surface area contributed by atoms with Gasteiger partial charge in [-0.25, -0.2) is 4.98 Å². The molecule has 140 valence electrons. The van der Waals surface area contributed by atoms with Gasteiger partial charge in [-0.3, -0.25) is 4.79 Å². The van der Waals surface area contributed by atoms with Gasteiger partial charge in [0.1, 0.15) is 5.69 Å². The SMILES string of the molecule is CC1(C)C2C[C@H](NC(=O)c3cc4cc(F)ncc4[nH]3)C(C)(C)C1C2(C)C. The van der Waals surface area contributed by atoms with Gasteiger partial charge in [-0.15, -0.1) is 0 Å². The Bertz CT molecular complexity index is 880. The fourth-order valence-electron chi connectivity index (χ4n) is 7.10. The molecule has 5 heteroatoms. The molecule has 2 aromatic rings. The van der Waals surface area contributed by atoms with Gasteiger partial charge in [0.25, 0.3) is 5.91 Å². The number of nitrogens with one attached hydrogen (secondary N) is 2. The lowest BCUT2D eigenvalue weighted by molar-refractivity contribution is -0.260. The van der Waals surface area contributed by atoms with Crippen LogP contribution in [0.3, 0.4) is 0 Å². The molecule has 0 radical (unpaired) electrons. The molecule has 2 bridgehead atoms. The molecule has 3 fully saturated rings. The number of aromatic amines is 1. The van der Waals surface area contributed by atoms with Gasteiger partial charge in [0, 0.05) is 17.5 Å². The molecule has 3 saturated carbocycles. The van der Waals surface area contributed by atoms with E-state index in [1.54, 1.807) is 6.07 Å². The standard InChI is InChI=1S/C21H28FN3O/c1-19(2)14-9-15(21(5,6)18(19)20(14,3)4)25-17(26)12-7-11-8-16(22)23-10-13(11)24-12/h7-8,10,14-15,18,24H,9H2,1-6H3,(H,25,26)/t14?,15-,18?/m0/s1. The first-order valence-electron chi connectivity index (χ1n) is 9.41. The third-order valence-electron chi connectivity index (χ3n) is 7.42. The van der Waals surface area contributed by atoms with Crippen molar-refractivity contribution in [1.29, 1.82) is 0 Å². The zero-order valence-electron chi connectivity index (χ0n) is 16.4. The fourth-order valence-corrected chi connectivity index (χ4v) is 7.10. The van der Waals surface area contributed by atoms with Crippen LogP contribution in [0.25, 0.3) is 10.9 Å². The molecule has 2 N–H and O–H groups in total. The minimum Gasteiger partial charge on any atom is -0.349 e. The molecule has 3 aliphatic carbocycles. The van der Waals surface area contributed by atoms with E-state index in [9.17, 15) is 9.18 Å². The maximum Gasteiger partial charge on any atom is 0.267 e. The lowest BCUT2D eigenvalue weighted by atomic mass is 9.30. The molecule has 1 atom stereocenters. The first kappa shape index (κ1) is 17.5. The highest BCUT2D eigenvalue weighted by molar-refractivity contribution is 5.98. The lowest BCUT2D eigenvalue weighted by Gasteiger charge is -2.75. The van der Waals surface area contributed by atoms with E-state index in [1.807, 2.05) is 0 Å². The van der Waals surface area contributed by atoms with Crippen molar-refractivity contribution < 1.29 is 9.18 Å². The van der Waals surface area contributed by atoms with E-state index in [-0.39, 0.29) is 17.4 Å². The van der Waals surface area contributed by atoms with E-state index < -0.39 is 5.95 Å². The lowest BCUT2D eigenvalue weighted by Crippen LogP contribution is -2.73. The van der Waals surface area contributed by atoms with Crippen LogP contribution >= 0.6 is 0 Å². The molecule has 0 aromatic carbocycles. The molecule has 2 aromatic heterocycles. The predicted octanol–water partition coefficient (Wildman–Crippen LogP) is 4.53. The second-order valence-corrected chi connectivity index (χ2v) is 9.99. The first-order valence-corrected chi connectivity index (χ1v) is 9.41. The van der Waals surface area contributed by atoms with E-state index >= 15 is 0 Å². The number of nitrogens with zero attached hydrogens (tertiary/aromatic N) is 1. The van der Waals surface area contributed by atoms with Gasteiger partial charge < -0.3 is 10.3 Å². The Hall–Kier alpha value is -1.91. The van der Waals surface area contributed by atoms with Crippen molar-refractivity contribution in [3.05, 3.63) is 30.0 Å². The Morgan fingerprint density at radius 1 is 1.15 bits per heavy atom. The molecule has 3 aliphatic rings. The third-order valence-corrected chi connectivity index (χ3v) is 7.42. The van der Waals surface area contributed by atoms with Crippen molar-refractivity contribution in [1.82, 2.24) is 15.3 Å². The summed E-state index contributed by atoms with van der Waals surface area (Å²) in [6, 6.07) is 3.17. The first-order chi connectivity index (χ1) is 12.0. The molecule has 26 heavy (non-hydrogen) atoms. The van der Waals surface area contributed by atoms with Gasteiger partial charge in [-0.2, -0.15) is 4.39 Å². The number of H-pyrrole nitrogens is 1. The third kappa shape index (κ3) is 2.18. The highest BCUT2D eigenvalue weighted by Crippen LogP contribution is 2.74. The van der Waals surface area contributed by atoms with Crippen molar-refractivity contribution in [3.8, 4) is 0 Å². The van der Waals surface area contributed by atoms with Crippen LogP contribution < -0.4 is 5.32 Å². The minimum atomic E-state index is -0.540. The van der Waals surface area contributed by atoms with Crippen molar-refractivity contribution >= 4 is 16.8 Å². The zero-order valence-corrected chi connectivity index (χ0v) is 16.4. The number of carbonyl (C=O) groups is 1. The smallest absolute Gasteiger partial charge is 0.267 e. The maximum atomic E-state index is 13.3. The van der Waals surface area contributed by atoms with Crippen LogP contribution in [0.5, 0.6) is 0 Å². The molecule has 2 heterocycles. The fraction of sp³-hybridized carbons (Fsp3) is 0.619. The monoisotopic (exact) mass is 357 g/mol. The topological polar surface area (TPSA) is 57.8 Å². The highest BCUT2D eigenvalue weighted by Gasteiger charge is 2.70. The van der Waals surface area contributed by atoms with Crippen LogP contribution in [-0.2, 0) is 0 Å². The number of hydrogen-bond donors (Lipinski definition) is 2. The van der Waals surface area contributed by atoms with Crippen molar-refractivity contribution in [2.24, 2.45) is 28.1 Å². The Labute approximate surface area is 154 Å². The summed E-state index contributed by atoms with van der Waals surface area (Å²) in [5.41, 5.74) is 1.75. The normalized spacial score (nSPS) is 30.7. The van der Waals surface area contributed by atoms with E-state index in [0.29, 0.717) is 39.3 Å². The largest absolute Gasteiger partial charge is 0.349 e. The number of rotatable bonds is 2. The summed E-state index contributed by atoms with van der Waals surface area (Å²) in [6.45, 7) is 14.0. The number of halogens is 1. The van der Waals surface area contributed by atoms with Crippen LogP contribution in [0.15, 0.2) is 18.3 Å². The van der Waals surface area contributed by atoms with Gasteiger partial charge in [-0.05, 0) is 40.6 Å². The molecule has 5 rings (SSSR count). The van der Waals surface area contributed by atoms with Crippen LogP contribution in [0, 0.1) is 34.0 Å². The molecule has 0 saturated heterocycles. The Morgan fingerprint density at radius 3 is 2.42 bits per heavy atom. The van der Waals surface area contributed by atoms with Crippen molar-refractivity contribution in [2.75, 3.05) is 0 Å². The minimum absolute atomic E-state index is 0.0110. The molecule has 0 spiro atoms. The van der Waals surface area contributed by atoms with E-state index in [2.05, 4.69) is 56.8 Å². The Morgan fingerprint density at radius 2 is 1.81 bits per heavy atom. The van der Waals surface area contributed by atoms with Gasteiger partial charge in [0.15, 0.2) is 0 Å². The average molecular weight is 357 g/mol. The number of aromatic nitrogens is 2. The Balaban J connectivity index is 1.58. The quantitative estimate of drug-likeness (QED) is 0.776. The second-order valence-electron chi connectivity index (χ2n) is 9.99. The van der Waals surface area contributed by atoms with E-state index in [0.717, 1.165) is 6.42 Å². The highest BCUT2D eigenvalue weighted by atomic mass is 19.1.